The van der Waals surface area contributed by atoms with Crippen molar-refractivity contribution in [3.63, 3.8) is 0 Å². The number of nitrogens with one attached hydrogen (secondary N) is 1. The summed E-state index contributed by atoms with van der Waals surface area (Å²) in [6.45, 7) is 2.05. The van der Waals surface area contributed by atoms with Crippen LogP contribution in [-0.4, -0.2) is 45.4 Å². The van der Waals surface area contributed by atoms with E-state index in [-0.39, 0.29) is 12.1 Å². The smallest absolute Gasteiger partial charge is 0.317 e. The topological polar surface area (TPSA) is 72.3 Å². The van der Waals surface area contributed by atoms with Gasteiger partial charge in [-0.1, -0.05) is 0 Å². The van der Waals surface area contributed by atoms with Gasteiger partial charge in [-0.05, 0) is 22.4 Å². The van der Waals surface area contributed by atoms with Crippen LogP contribution in [0.25, 0.3) is 0 Å². The first kappa shape index (κ1) is 14.0. The summed E-state index contributed by atoms with van der Waals surface area (Å²) in [6, 6.07) is 1.93. The molecule has 1 fully saturated rings. The van der Waals surface area contributed by atoms with Crippen molar-refractivity contribution in [3.8, 4) is 0 Å². The molecule has 8 heteroatoms. The number of morpholine rings is 1. The van der Waals surface area contributed by atoms with E-state index in [1.54, 1.807) is 34.3 Å². The highest BCUT2D eigenvalue weighted by atomic mass is 32.1. The minimum atomic E-state index is -0.106. The lowest BCUT2D eigenvalue weighted by Crippen LogP contribution is -2.47. The van der Waals surface area contributed by atoms with E-state index in [9.17, 15) is 4.79 Å². The summed E-state index contributed by atoms with van der Waals surface area (Å²) in [4.78, 5) is 18.0. The van der Waals surface area contributed by atoms with Crippen LogP contribution in [0.3, 0.4) is 0 Å². The molecule has 7 nitrogen and oxygen atoms in total. The molecule has 1 saturated heterocycles. The normalized spacial score (nSPS) is 18.7. The van der Waals surface area contributed by atoms with Crippen molar-refractivity contribution >= 4 is 17.4 Å². The van der Waals surface area contributed by atoms with Gasteiger partial charge in [0.05, 0.1) is 19.7 Å². The molecule has 3 rings (SSSR count). The molecule has 1 aliphatic rings. The van der Waals surface area contributed by atoms with Crippen molar-refractivity contribution in [1.82, 2.24) is 25.0 Å². The highest BCUT2D eigenvalue weighted by Crippen LogP contribution is 2.24. The molecular weight excluding hydrogens is 290 g/mol. The molecule has 21 heavy (non-hydrogen) atoms. The second kappa shape index (κ2) is 6.23. The standard InChI is InChI=1S/C13H17N5O2S/c1-17-9-15-12(16-17)6-14-13(19)18-3-4-20-11(7-18)10-2-5-21-8-10/h2,5,8-9,11H,3-4,6-7H2,1H3,(H,14,19). The zero-order valence-electron chi connectivity index (χ0n) is 11.7. The lowest BCUT2D eigenvalue weighted by atomic mass is 10.1. The van der Waals surface area contributed by atoms with E-state index < -0.39 is 0 Å². The Bertz CT molecular complexity index is 597. The van der Waals surface area contributed by atoms with E-state index in [2.05, 4.69) is 20.8 Å². The van der Waals surface area contributed by atoms with Crippen LogP contribution in [0.1, 0.15) is 17.5 Å². The number of hydrogen-bond donors (Lipinski definition) is 1. The molecule has 1 atom stereocenters. The van der Waals surface area contributed by atoms with E-state index in [1.165, 1.54) is 0 Å². The van der Waals surface area contributed by atoms with Crippen molar-refractivity contribution in [3.05, 3.63) is 34.5 Å². The van der Waals surface area contributed by atoms with Crippen molar-refractivity contribution in [2.24, 2.45) is 7.05 Å². The van der Waals surface area contributed by atoms with Gasteiger partial charge in [0.15, 0.2) is 5.82 Å². The van der Waals surface area contributed by atoms with Crippen LogP contribution in [0.4, 0.5) is 4.79 Å². The molecule has 2 amide bonds. The summed E-state index contributed by atoms with van der Waals surface area (Å²) in [5.74, 6) is 0.605. The number of rotatable bonds is 3. The molecule has 2 aromatic heterocycles. The number of urea groups is 1. The highest BCUT2D eigenvalue weighted by Gasteiger charge is 2.25. The molecule has 0 aliphatic carbocycles. The van der Waals surface area contributed by atoms with Crippen LogP contribution in [0.5, 0.6) is 0 Å². The number of aryl methyl sites for hydroxylation is 1. The second-order valence-electron chi connectivity index (χ2n) is 4.86. The number of carbonyl (C=O) groups excluding carboxylic acids is 1. The predicted octanol–water partition coefficient (Wildman–Crippen LogP) is 1.16. The molecule has 0 radical (unpaired) electrons. The number of hydrogen-bond acceptors (Lipinski definition) is 5. The Balaban J connectivity index is 1.54. The number of carbonyl (C=O) groups is 1. The maximum atomic E-state index is 12.2. The quantitative estimate of drug-likeness (QED) is 0.923. The zero-order chi connectivity index (χ0) is 14.7. The molecule has 2 aromatic rings. The first-order valence-electron chi connectivity index (χ1n) is 6.73. The Labute approximate surface area is 126 Å². The van der Waals surface area contributed by atoms with Crippen LogP contribution in [0.2, 0.25) is 0 Å². The van der Waals surface area contributed by atoms with E-state index in [0.29, 0.717) is 32.1 Å². The number of thiophene rings is 1. The van der Waals surface area contributed by atoms with E-state index in [1.807, 2.05) is 11.4 Å². The molecule has 1 aliphatic heterocycles. The van der Waals surface area contributed by atoms with Crippen LogP contribution in [0.15, 0.2) is 23.2 Å². The molecule has 0 saturated carbocycles. The molecule has 3 heterocycles. The molecule has 1 unspecified atom stereocenters. The average molecular weight is 307 g/mol. The molecule has 1 N–H and O–H groups in total. The Morgan fingerprint density at radius 2 is 2.52 bits per heavy atom. The maximum absolute atomic E-state index is 12.2. The SMILES string of the molecule is Cn1cnc(CNC(=O)N2CCOC(c3ccsc3)C2)n1. The Morgan fingerprint density at radius 1 is 1.62 bits per heavy atom. The third kappa shape index (κ3) is 3.40. The van der Waals surface area contributed by atoms with E-state index >= 15 is 0 Å². The Kier molecular flexibility index (Phi) is 4.16. The van der Waals surface area contributed by atoms with Gasteiger partial charge in [-0.2, -0.15) is 16.4 Å². The fourth-order valence-electron chi connectivity index (χ4n) is 2.22. The molecule has 0 bridgehead atoms. The molecule has 0 aromatic carbocycles. The summed E-state index contributed by atoms with van der Waals surface area (Å²) in [5, 5.41) is 11.1. The van der Waals surface area contributed by atoms with E-state index in [0.717, 1.165) is 5.56 Å². The van der Waals surface area contributed by atoms with Gasteiger partial charge in [0.2, 0.25) is 0 Å². The average Bonchev–Trinajstić information content (AvgIpc) is 3.16. The van der Waals surface area contributed by atoms with Gasteiger partial charge in [0, 0.05) is 13.6 Å². The Morgan fingerprint density at radius 3 is 3.24 bits per heavy atom. The molecular formula is C13H17N5O2S. The fraction of sp³-hybridized carbons (Fsp3) is 0.462. The van der Waals surface area contributed by atoms with Crippen LogP contribution in [0, 0.1) is 0 Å². The summed E-state index contributed by atoms with van der Waals surface area (Å²) in [6.07, 6.45) is 1.58. The first-order chi connectivity index (χ1) is 10.2. The summed E-state index contributed by atoms with van der Waals surface area (Å²) < 4.78 is 7.34. The summed E-state index contributed by atoms with van der Waals surface area (Å²) in [5.41, 5.74) is 1.13. The third-order valence-electron chi connectivity index (χ3n) is 3.31. The lowest BCUT2D eigenvalue weighted by Gasteiger charge is -2.32. The minimum Gasteiger partial charge on any atom is -0.370 e. The van der Waals surface area contributed by atoms with Crippen LogP contribution < -0.4 is 5.32 Å². The van der Waals surface area contributed by atoms with Crippen molar-refractivity contribution in [2.75, 3.05) is 19.7 Å². The van der Waals surface area contributed by atoms with Crippen molar-refractivity contribution in [1.29, 1.82) is 0 Å². The largest absolute Gasteiger partial charge is 0.370 e. The zero-order valence-corrected chi connectivity index (χ0v) is 12.5. The number of nitrogens with zero attached hydrogens (tertiary/aromatic N) is 4. The molecule has 0 spiro atoms. The highest BCUT2D eigenvalue weighted by molar-refractivity contribution is 7.07. The van der Waals surface area contributed by atoms with Gasteiger partial charge in [0.1, 0.15) is 12.4 Å². The second-order valence-corrected chi connectivity index (χ2v) is 5.64. The molecule has 112 valence electrons. The lowest BCUT2D eigenvalue weighted by molar-refractivity contribution is -0.0152. The van der Waals surface area contributed by atoms with Crippen LogP contribution >= 0.6 is 11.3 Å². The van der Waals surface area contributed by atoms with E-state index in [4.69, 9.17) is 4.74 Å². The predicted molar refractivity (Wildman–Crippen MR) is 77.8 cm³/mol. The summed E-state index contributed by atoms with van der Waals surface area (Å²) in [7, 11) is 1.80. The van der Waals surface area contributed by atoms with Gasteiger partial charge in [0.25, 0.3) is 0 Å². The van der Waals surface area contributed by atoms with Crippen LogP contribution in [-0.2, 0) is 18.3 Å². The van der Waals surface area contributed by atoms with Gasteiger partial charge in [-0.15, -0.1) is 0 Å². The minimum absolute atomic E-state index is 0.0382. The van der Waals surface area contributed by atoms with Gasteiger partial charge >= 0.3 is 6.03 Å². The maximum Gasteiger partial charge on any atom is 0.317 e. The van der Waals surface area contributed by atoms with Gasteiger partial charge < -0.3 is 15.0 Å². The first-order valence-corrected chi connectivity index (χ1v) is 7.67. The monoisotopic (exact) mass is 307 g/mol. The third-order valence-corrected chi connectivity index (χ3v) is 4.01. The fourth-order valence-corrected chi connectivity index (χ4v) is 2.93. The number of aromatic nitrogens is 3. The van der Waals surface area contributed by atoms with Gasteiger partial charge in [-0.25, -0.2) is 9.78 Å². The number of ether oxygens (including phenoxy) is 1. The van der Waals surface area contributed by atoms with Crippen molar-refractivity contribution in [2.45, 2.75) is 12.6 Å². The number of amides is 2. The van der Waals surface area contributed by atoms with Crippen molar-refractivity contribution < 1.29 is 9.53 Å². The summed E-state index contributed by atoms with van der Waals surface area (Å²) >= 11 is 1.63. The van der Waals surface area contributed by atoms with Gasteiger partial charge in [-0.3, -0.25) is 4.68 Å². The Hall–Kier alpha value is -1.93.